The summed E-state index contributed by atoms with van der Waals surface area (Å²) >= 11 is 0. The number of esters is 1. The third-order valence-corrected chi connectivity index (χ3v) is 6.59. The maximum Gasteiger partial charge on any atom is 0.417 e. The topological polar surface area (TPSA) is 127 Å². The van der Waals surface area contributed by atoms with E-state index in [0.29, 0.717) is 12.8 Å². The number of nitrogens with zero attached hydrogens (tertiary/aromatic N) is 1. The number of amides is 2. The molecule has 0 bridgehead atoms. The van der Waals surface area contributed by atoms with Crippen LogP contribution in [0.2, 0.25) is 0 Å². The molecule has 0 spiro atoms. The summed E-state index contributed by atoms with van der Waals surface area (Å²) in [5, 5.41) is 8.77. The van der Waals surface area contributed by atoms with Crippen molar-refractivity contribution in [3.63, 3.8) is 0 Å². The molecule has 0 unspecified atom stereocenters. The molecule has 0 aliphatic carbocycles. The summed E-state index contributed by atoms with van der Waals surface area (Å²) in [6.07, 6.45) is 8.05. The number of imide groups is 1. The van der Waals surface area contributed by atoms with Gasteiger partial charge in [-0.05, 0) is 51.7 Å². The average molecular weight is 524 g/mol. The fraction of sp³-hybridized carbons (Fsp3) is 0.750. The molecular formula is C28H45NO8. The first-order valence-corrected chi connectivity index (χ1v) is 13.4. The van der Waals surface area contributed by atoms with Crippen molar-refractivity contribution in [2.75, 3.05) is 6.61 Å². The molecule has 1 heterocycles. The smallest absolute Gasteiger partial charge is 0.417 e. The monoisotopic (exact) mass is 523 g/mol. The summed E-state index contributed by atoms with van der Waals surface area (Å²) in [7, 11) is 0. The molecule has 2 amide bonds. The number of aliphatic hydroxyl groups excluding tert-OH is 1. The Labute approximate surface area is 220 Å². The lowest BCUT2D eigenvalue weighted by molar-refractivity contribution is -0.158. The van der Waals surface area contributed by atoms with E-state index in [0.717, 1.165) is 68.9 Å². The van der Waals surface area contributed by atoms with E-state index in [1.54, 1.807) is 13.8 Å². The van der Waals surface area contributed by atoms with E-state index in [1.165, 1.54) is 6.92 Å². The molecule has 1 aliphatic heterocycles. The highest BCUT2D eigenvalue weighted by atomic mass is 16.6. The minimum Gasteiger partial charge on any atom is -0.453 e. The van der Waals surface area contributed by atoms with E-state index in [-0.39, 0.29) is 18.3 Å². The van der Waals surface area contributed by atoms with Gasteiger partial charge in [-0.1, -0.05) is 52.4 Å². The minimum absolute atomic E-state index is 0.107. The molecule has 1 aliphatic rings. The van der Waals surface area contributed by atoms with Gasteiger partial charge in [0, 0.05) is 20.0 Å². The van der Waals surface area contributed by atoms with Crippen LogP contribution in [0.4, 0.5) is 4.79 Å². The molecule has 0 radical (unpaired) electrons. The van der Waals surface area contributed by atoms with Crippen LogP contribution in [0.25, 0.3) is 0 Å². The normalized spacial score (nSPS) is 18.6. The van der Waals surface area contributed by atoms with Gasteiger partial charge >= 0.3 is 12.1 Å². The molecule has 0 aromatic rings. The van der Waals surface area contributed by atoms with Crippen molar-refractivity contribution in [3.8, 4) is 0 Å². The standard InChI is InChI=1S/C28H45NO8/c1-19(2)25-28(5,6)37-27(35)29(25)26(34)20(3)24(36-21(4)31)23(33)17-16-22(32)15-13-11-9-7-8-10-12-14-18-30/h16-17,19-20,24-25,30H,7-15,18H2,1-6H3/t20-,24-,25-/m1/s1. The Balaban J connectivity index is 2.72. The highest BCUT2D eigenvalue weighted by Crippen LogP contribution is 2.35. The van der Waals surface area contributed by atoms with E-state index in [4.69, 9.17) is 14.6 Å². The molecule has 1 fully saturated rings. The van der Waals surface area contributed by atoms with Crippen LogP contribution in [0.3, 0.4) is 0 Å². The Morgan fingerprint density at radius 1 is 0.973 bits per heavy atom. The summed E-state index contributed by atoms with van der Waals surface area (Å²) in [5.41, 5.74) is -0.909. The second-order valence-corrected chi connectivity index (χ2v) is 10.7. The first kappa shape index (κ1) is 32.5. The number of cyclic esters (lactones) is 1. The molecule has 9 heteroatoms. The van der Waals surface area contributed by atoms with Gasteiger partial charge in [0.2, 0.25) is 5.91 Å². The van der Waals surface area contributed by atoms with Crippen LogP contribution in [0.5, 0.6) is 0 Å². The SMILES string of the molecule is CC(=O)O[C@@H](C(=O)C=CC(=O)CCCCCCCCCCO)[C@@H](C)C(=O)N1C(=O)OC(C)(C)[C@H]1C(C)C. The summed E-state index contributed by atoms with van der Waals surface area (Å²) < 4.78 is 10.6. The van der Waals surface area contributed by atoms with E-state index in [2.05, 4.69) is 0 Å². The average Bonchev–Trinajstić information content (AvgIpc) is 3.06. The van der Waals surface area contributed by atoms with Gasteiger partial charge < -0.3 is 14.6 Å². The maximum atomic E-state index is 13.3. The van der Waals surface area contributed by atoms with Crippen molar-refractivity contribution in [3.05, 3.63) is 12.2 Å². The minimum atomic E-state index is -1.47. The summed E-state index contributed by atoms with van der Waals surface area (Å²) in [6, 6.07) is -0.555. The Hall–Kier alpha value is -2.55. The number of hydrogen-bond donors (Lipinski definition) is 1. The molecule has 1 saturated heterocycles. The van der Waals surface area contributed by atoms with Crippen LogP contribution in [0.15, 0.2) is 12.2 Å². The van der Waals surface area contributed by atoms with Crippen molar-refractivity contribution in [2.24, 2.45) is 11.8 Å². The molecule has 0 saturated carbocycles. The zero-order valence-electron chi connectivity index (χ0n) is 23.3. The zero-order chi connectivity index (χ0) is 28.2. The summed E-state index contributed by atoms with van der Waals surface area (Å²) in [5.74, 6) is -3.61. The fourth-order valence-electron chi connectivity index (χ4n) is 4.85. The van der Waals surface area contributed by atoms with E-state index in [9.17, 15) is 24.0 Å². The summed E-state index contributed by atoms with van der Waals surface area (Å²) in [6.45, 7) is 9.94. The highest BCUT2D eigenvalue weighted by molar-refractivity contribution is 6.04. The highest BCUT2D eigenvalue weighted by Gasteiger charge is 2.53. The largest absolute Gasteiger partial charge is 0.453 e. The van der Waals surface area contributed by atoms with Crippen molar-refractivity contribution in [2.45, 2.75) is 117 Å². The fourth-order valence-corrected chi connectivity index (χ4v) is 4.85. The Morgan fingerprint density at radius 2 is 1.51 bits per heavy atom. The van der Waals surface area contributed by atoms with E-state index < -0.39 is 47.4 Å². The van der Waals surface area contributed by atoms with Crippen LogP contribution in [0, 0.1) is 11.8 Å². The Bertz CT molecular complexity index is 832. The Kier molecular flexibility index (Phi) is 13.7. The number of carbonyl (C=O) groups excluding carboxylic acids is 5. The number of ether oxygens (including phenoxy) is 2. The van der Waals surface area contributed by atoms with Crippen LogP contribution in [0.1, 0.15) is 99.3 Å². The van der Waals surface area contributed by atoms with Crippen LogP contribution < -0.4 is 0 Å². The zero-order valence-corrected chi connectivity index (χ0v) is 23.3. The van der Waals surface area contributed by atoms with Crippen LogP contribution >= 0.6 is 0 Å². The number of rotatable bonds is 17. The molecule has 1 N–H and O–H groups in total. The molecular weight excluding hydrogens is 478 g/mol. The van der Waals surface area contributed by atoms with E-state index in [1.807, 2.05) is 13.8 Å². The van der Waals surface area contributed by atoms with Gasteiger partial charge in [-0.2, -0.15) is 0 Å². The van der Waals surface area contributed by atoms with Crippen molar-refractivity contribution >= 4 is 29.5 Å². The van der Waals surface area contributed by atoms with Crippen LogP contribution in [-0.2, 0) is 28.7 Å². The third kappa shape index (κ3) is 10.4. The second-order valence-electron chi connectivity index (χ2n) is 10.7. The number of ketones is 2. The molecule has 37 heavy (non-hydrogen) atoms. The lowest BCUT2D eigenvalue weighted by Crippen LogP contribution is -2.52. The van der Waals surface area contributed by atoms with Gasteiger partial charge in [-0.25, -0.2) is 9.69 Å². The molecule has 0 aromatic carbocycles. The Morgan fingerprint density at radius 3 is 2.03 bits per heavy atom. The molecule has 9 nitrogen and oxygen atoms in total. The first-order valence-electron chi connectivity index (χ1n) is 13.4. The van der Waals surface area contributed by atoms with Crippen LogP contribution in [-0.4, -0.2) is 63.9 Å². The lowest BCUT2D eigenvalue weighted by atomic mass is 9.87. The number of hydrogen-bond acceptors (Lipinski definition) is 8. The quantitative estimate of drug-likeness (QED) is 0.167. The predicted molar refractivity (Wildman–Crippen MR) is 139 cm³/mol. The van der Waals surface area contributed by atoms with Gasteiger partial charge in [0.05, 0.1) is 12.0 Å². The predicted octanol–water partition coefficient (Wildman–Crippen LogP) is 4.53. The molecule has 3 atom stereocenters. The molecule has 0 aromatic heterocycles. The number of unbranched alkanes of at least 4 members (excludes halogenated alkanes) is 7. The second kappa shape index (κ2) is 15.6. The van der Waals surface area contributed by atoms with E-state index >= 15 is 0 Å². The maximum absolute atomic E-state index is 13.3. The summed E-state index contributed by atoms with van der Waals surface area (Å²) in [4.78, 5) is 63.7. The number of aliphatic hydroxyl groups is 1. The first-order chi connectivity index (χ1) is 17.3. The molecule has 1 rings (SSSR count). The van der Waals surface area contributed by atoms with Crippen molar-refractivity contribution < 1.29 is 38.6 Å². The number of allylic oxidation sites excluding steroid dienone is 1. The van der Waals surface area contributed by atoms with Crippen molar-refractivity contribution in [1.82, 2.24) is 4.90 Å². The van der Waals surface area contributed by atoms with Gasteiger partial charge in [-0.3, -0.25) is 19.2 Å². The number of carbonyl (C=O) groups is 5. The van der Waals surface area contributed by atoms with Crippen molar-refractivity contribution in [1.29, 1.82) is 0 Å². The van der Waals surface area contributed by atoms with Gasteiger partial charge in [0.25, 0.3) is 0 Å². The lowest BCUT2D eigenvalue weighted by Gasteiger charge is -2.33. The third-order valence-electron chi connectivity index (χ3n) is 6.59. The molecule has 210 valence electrons. The van der Waals surface area contributed by atoms with Gasteiger partial charge in [0.1, 0.15) is 5.60 Å². The van der Waals surface area contributed by atoms with Gasteiger partial charge in [-0.15, -0.1) is 0 Å². The van der Waals surface area contributed by atoms with Gasteiger partial charge in [0.15, 0.2) is 17.7 Å².